The second-order valence-corrected chi connectivity index (χ2v) is 7.68. The molecule has 1 aromatic heterocycles. The Kier molecular flexibility index (Phi) is 4.41. The Labute approximate surface area is 163 Å². The molecule has 6 nitrogen and oxygen atoms in total. The van der Waals surface area contributed by atoms with Crippen LogP contribution in [0.5, 0.6) is 0 Å². The van der Waals surface area contributed by atoms with Crippen molar-refractivity contribution >= 4 is 22.9 Å². The summed E-state index contributed by atoms with van der Waals surface area (Å²) < 4.78 is 4.12. The maximum Gasteiger partial charge on any atom is 0.304 e. The van der Waals surface area contributed by atoms with Crippen molar-refractivity contribution in [3.8, 4) is 0 Å². The van der Waals surface area contributed by atoms with Crippen molar-refractivity contribution in [3.63, 3.8) is 0 Å². The van der Waals surface area contributed by atoms with Crippen molar-refractivity contribution in [2.75, 3.05) is 0 Å². The van der Waals surface area contributed by atoms with Crippen LogP contribution in [-0.4, -0.2) is 21.6 Å². The van der Waals surface area contributed by atoms with Gasteiger partial charge in [0.2, 0.25) is 5.91 Å². The second-order valence-electron chi connectivity index (χ2n) is 7.68. The molecule has 0 bridgehead atoms. The molecule has 4 rings (SSSR count). The number of benzene rings is 2. The molecular weight excluding hydrogens is 354 g/mol. The average molecular weight is 378 g/mol. The van der Waals surface area contributed by atoms with Crippen LogP contribution in [0.4, 0.5) is 0 Å². The molecule has 1 amide bonds. The summed E-state index contributed by atoms with van der Waals surface area (Å²) in [5.74, 6) is -0.190. The van der Waals surface area contributed by atoms with E-state index in [1.165, 1.54) is 0 Å². The Bertz CT molecular complexity index is 1020. The number of hydrogen-bond donors (Lipinski definition) is 2. The van der Waals surface area contributed by atoms with E-state index in [0.29, 0.717) is 19.4 Å². The molecule has 1 aliphatic carbocycles. The molecule has 144 valence electrons. The molecule has 6 heteroatoms. The second kappa shape index (κ2) is 6.78. The zero-order valence-corrected chi connectivity index (χ0v) is 16.1. The number of para-hydroxylation sites is 2. The third-order valence-electron chi connectivity index (χ3n) is 5.93. The summed E-state index contributed by atoms with van der Waals surface area (Å²) >= 11 is 0. The first-order valence-electron chi connectivity index (χ1n) is 9.40. The van der Waals surface area contributed by atoms with Crippen LogP contribution in [0.2, 0.25) is 0 Å². The van der Waals surface area contributed by atoms with Gasteiger partial charge in [0.05, 0.1) is 25.9 Å². The summed E-state index contributed by atoms with van der Waals surface area (Å²) in [6.07, 6.45) is 0.750. The number of nitrogens with zero attached hydrogens (tertiary/aromatic N) is 2. The lowest BCUT2D eigenvalue weighted by atomic mass is 9.80. The molecule has 1 aliphatic rings. The number of imidazole rings is 1. The molecule has 0 fully saturated rings. The van der Waals surface area contributed by atoms with Crippen LogP contribution < -0.4 is 9.88 Å². The molecule has 2 aromatic carbocycles. The number of aryl methyl sites for hydroxylation is 2. The minimum absolute atomic E-state index is 0.172. The van der Waals surface area contributed by atoms with E-state index in [0.717, 1.165) is 28.0 Å². The highest BCUT2D eigenvalue weighted by atomic mass is 16.4. The van der Waals surface area contributed by atoms with Gasteiger partial charge in [0.1, 0.15) is 6.54 Å². The quantitative estimate of drug-likeness (QED) is 0.666. The van der Waals surface area contributed by atoms with Crippen molar-refractivity contribution in [3.05, 3.63) is 65.5 Å². The highest BCUT2D eigenvalue weighted by Gasteiger charge is 2.45. The number of amides is 1. The number of carbonyl (C=O) groups is 2. The minimum atomic E-state index is -0.946. The predicted octanol–water partition coefficient (Wildman–Crippen LogP) is 1.88. The molecule has 0 unspecified atom stereocenters. The fraction of sp³-hybridized carbons (Fsp3) is 0.318. The minimum Gasteiger partial charge on any atom is -0.481 e. The highest BCUT2D eigenvalue weighted by Crippen LogP contribution is 2.40. The standard InChI is InChI=1S/C22H23N3O3/c1-24-17-9-5-6-10-18(17)25(2)19(24)14-23-21(28)22(13-20(26)27)11-15-7-3-4-8-16(15)12-22/h3-10H,11-14H2,1-2H3,(H-,23,26,27,28)/p+1. The van der Waals surface area contributed by atoms with E-state index in [9.17, 15) is 14.7 Å². The number of hydrogen-bond acceptors (Lipinski definition) is 2. The van der Waals surface area contributed by atoms with Gasteiger partial charge in [-0.2, -0.15) is 0 Å². The number of carboxylic acids is 1. The van der Waals surface area contributed by atoms with E-state index in [-0.39, 0.29) is 12.3 Å². The lowest BCUT2D eigenvalue weighted by molar-refractivity contribution is -0.654. The molecule has 28 heavy (non-hydrogen) atoms. The van der Waals surface area contributed by atoms with Gasteiger partial charge in [-0.05, 0) is 36.1 Å². The van der Waals surface area contributed by atoms with Crippen molar-refractivity contribution in [1.82, 2.24) is 9.88 Å². The first-order chi connectivity index (χ1) is 13.4. The Morgan fingerprint density at radius 2 is 1.71 bits per heavy atom. The van der Waals surface area contributed by atoms with Gasteiger partial charge >= 0.3 is 5.97 Å². The fourth-order valence-electron chi connectivity index (χ4n) is 4.47. The van der Waals surface area contributed by atoms with Crippen molar-refractivity contribution in [1.29, 1.82) is 0 Å². The average Bonchev–Trinajstić information content (AvgIpc) is 3.16. The maximum atomic E-state index is 13.2. The molecule has 0 spiro atoms. The number of rotatable bonds is 5. The first kappa shape index (κ1) is 18.2. The van der Waals surface area contributed by atoms with Gasteiger partial charge in [-0.15, -0.1) is 0 Å². The number of nitrogens with one attached hydrogen (secondary N) is 1. The fourth-order valence-corrected chi connectivity index (χ4v) is 4.47. The zero-order valence-electron chi connectivity index (χ0n) is 16.1. The van der Waals surface area contributed by atoms with Crippen LogP contribution in [0.15, 0.2) is 48.5 Å². The van der Waals surface area contributed by atoms with E-state index < -0.39 is 11.4 Å². The van der Waals surface area contributed by atoms with Gasteiger partial charge < -0.3 is 10.4 Å². The number of aromatic nitrogens is 2. The summed E-state index contributed by atoms with van der Waals surface area (Å²) in [7, 11) is 3.95. The number of fused-ring (bicyclic) bond motifs is 2. The molecule has 0 atom stereocenters. The van der Waals surface area contributed by atoms with Gasteiger partial charge in [0.15, 0.2) is 11.0 Å². The van der Waals surface area contributed by atoms with E-state index in [2.05, 4.69) is 14.5 Å². The van der Waals surface area contributed by atoms with Crippen LogP contribution in [0.25, 0.3) is 11.0 Å². The molecule has 0 radical (unpaired) electrons. The molecule has 0 saturated carbocycles. The van der Waals surface area contributed by atoms with Gasteiger partial charge in [-0.1, -0.05) is 36.4 Å². The van der Waals surface area contributed by atoms with Crippen LogP contribution in [0.1, 0.15) is 23.4 Å². The zero-order chi connectivity index (χ0) is 19.9. The highest BCUT2D eigenvalue weighted by molar-refractivity contribution is 5.88. The van der Waals surface area contributed by atoms with E-state index in [4.69, 9.17) is 0 Å². The summed E-state index contributed by atoms with van der Waals surface area (Å²) in [5, 5.41) is 12.5. The normalized spacial score (nSPS) is 14.8. The van der Waals surface area contributed by atoms with E-state index in [1.54, 1.807) is 0 Å². The third kappa shape index (κ3) is 2.95. The van der Waals surface area contributed by atoms with Crippen molar-refractivity contribution in [2.45, 2.75) is 25.8 Å². The molecule has 2 N–H and O–H groups in total. The molecule has 0 aliphatic heterocycles. The lowest BCUT2D eigenvalue weighted by Gasteiger charge is -2.25. The lowest BCUT2D eigenvalue weighted by Crippen LogP contribution is -2.45. The third-order valence-corrected chi connectivity index (χ3v) is 5.93. The Morgan fingerprint density at radius 3 is 2.32 bits per heavy atom. The van der Waals surface area contributed by atoms with Crippen LogP contribution in [0, 0.1) is 5.41 Å². The molecule has 0 saturated heterocycles. The number of carboxylic acid groups (broad SMARTS) is 1. The smallest absolute Gasteiger partial charge is 0.304 e. The Balaban J connectivity index is 1.59. The van der Waals surface area contributed by atoms with Crippen LogP contribution in [-0.2, 0) is 43.1 Å². The molecule has 3 aromatic rings. The van der Waals surface area contributed by atoms with Crippen molar-refractivity contribution < 1.29 is 19.3 Å². The SMILES string of the molecule is Cn1c(CNC(=O)C2(CC(=O)O)Cc3ccccc3C2)[n+](C)c2ccccc21. The van der Waals surface area contributed by atoms with Gasteiger partial charge in [0.25, 0.3) is 5.82 Å². The first-order valence-corrected chi connectivity index (χ1v) is 9.40. The van der Waals surface area contributed by atoms with Gasteiger partial charge in [0, 0.05) is 0 Å². The Hall–Kier alpha value is -3.15. The number of carbonyl (C=O) groups excluding carboxylic acids is 1. The topological polar surface area (TPSA) is 75.2 Å². The van der Waals surface area contributed by atoms with Crippen LogP contribution >= 0.6 is 0 Å². The predicted molar refractivity (Wildman–Crippen MR) is 104 cm³/mol. The summed E-state index contributed by atoms with van der Waals surface area (Å²) in [6, 6.07) is 15.9. The molecular formula is C22H24N3O3+. The summed E-state index contributed by atoms with van der Waals surface area (Å²) in [6.45, 7) is 0.345. The monoisotopic (exact) mass is 378 g/mol. The molecule has 1 heterocycles. The summed E-state index contributed by atoms with van der Waals surface area (Å²) in [5.41, 5.74) is 3.37. The largest absolute Gasteiger partial charge is 0.481 e. The Morgan fingerprint density at radius 1 is 1.11 bits per heavy atom. The van der Waals surface area contributed by atoms with E-state index >= 15 is 0 Å². The van der Waals surface area contributed by atoms with Gasteiger partial charge in [-0.25, -0.2) is 9.13 Å². The van der Waals surface area contributed by atoms with Crippen LogP contribution in [0.3, 0.4) is 0 Å². The van der Waals surface area contributed by atoms with E-state index in [1.807, 2.05) is 62.6 Å². The summed E-state index contributed by atoms with van der Waals surface area (Å²) in [4.78, 5) is 24.7. The van der Waals surface area contributed by atoms with Crippen molar-refractivity contribution in [2.24, 2.45) is 19.5 Å². The van der Waals surface area contributed by atoms with Gasteiger partial charge in [-0.3, -0.25) is 9.59 Å². The number of aliphatic carboxylic acids is 1. The maximum absolute atomic E-state index is 13.2.